The van der Waals surface area contributed by atoms with Gasteiger partial charge < -0.3 is 5.11 Å². The molecule has 0 aliphatic carbocycles. The van der Waals surface area contributed by atoms with Crippen LogP contribution in [-0.4, -0.2) is 64.8 Å². The first kappa shape index (κ1) is 30.5. The second-order valence-corrected chi connectivity index (χ2v) is 9.21. The van der Waals surface area contributed by atoms with Gasteiger partial charge in [0.25, 0.3) is 10.1 Å². The summed E-state index contributed by atoms with van der Waals surface area (Å²) in [5.41, 5.74) is -2.01. The van der Waals surface area contributed by atoms with Crippen LogP contribution in [0, 0.1) is 0 Å². The van der Waals surface area contributed by atoms with Crippen LogP contribution in [0.25, 0.3) is 0 Å². The molecular weight excluding hydrogens is 387 g/mol. The minimum atomic E-state index is -4.36. The number of Topliss-reactive ketones (excluding diaryl/α,β-unsaturated/α-hetero) is 1. The molecule has 0 heterocycles. The zero-order chi connectivity index (χ0) is 20.6. The van der Waals surface area contributed by atoms with Gasteiger partial charge in [0.2, 0.25) is 0 Å². The van der Waals surface area contributed by atoms with Gasteiger partial charge in [-0.3, -0.25) is 9.35 Å². The van der Waals surface area contributed by atoms with Crippen molar-refractivity contribution in [3.05, 3.63) is 12.2 Å². The fourth-order valence-corrected chi connectivity index (χ4v) is 3.93. The molecule has 1 atom stereocenters. The summed E-state index contributed by atoms with van der Waals surface area (Å²) in [4.78, 5) is 11.8. The summed E-state index contributed by atoms with van der Waals surface area (Å²) in [6.07, 6.45) is 19.8. The van der Waals surface area contributed by atoms with Gasteiger partial charge in [-0.2, -0.15) is 8.42 Å². The molecule has 1 unspecified atom stereocenters. The Labute approximate surface area is 194 Å². The van der Waals surface area contributed by atoms with Gasteiger partial charge in [-0.05, 0) is 39.0 Å². The van der Waals surface area contributed by atoms with E-state index >= 15 is 0 Å². The number of ketones is 1. The SMILES string of the molecule is CCCCCCCC/C=C\CCCCCCCC(=O)C(C)(O)CS(=O)(=O)O.[NaH]. The predicted octanol–water partition coefficient (Wildman–Crippen LogP) is 4.58. The second-order valence-electron chi connectivity index (χ2n) is 7.76. The summed E-state index contributed by atoms with van der Waals surface area (Å²) in [5.74, 6) is -1.47. The first-order valence-electron chi connectivity index (χ1n) is 10.5. The molecule has 0 aliphatic heterocycles. The quantitative estimate of drug-likeness (QED) is 0.144. The molecule has 0 spiro atoms. The second kappa shape index (κ2) is 18.1. The van der Waals surface area contributed by atoms with Gasteiger partial charge >= 0.3 is 29.6 Å². The van der Waals surface area contributed by atoms with Crippen molar-refractivity contribution in [1.29, 1.82) is 0 Å². The van der Waals surface area contributed by atoms with Gasteiger partial charge in [0, 0.05) is 6.42 Å². The molecule has 0 radical (unpaired) electrons. The molecule has 0 aromatic heterocycles. The van der Waals surface area contributed by atoms with Crippen molar-refractivity contribution in [1.82, 2.24) is 0 Å². The fraction of sp³-hybridized carbons (Fsp3) is 0.857. The van der Waals surface area contributed by atoms with Crippen LogP contribution < -0.4 is 0 Å². The van der Waals surface area contributed by atoms with Crippen LogP contribution in [0.3, 0.4) is 0 Å². The van der Waals surface area contributed by atoms with Gasteiger partial charge in [-0.1, -0.05) is 70.4 Å². The number of allylic oxidation sites excluding steroid dienone is 2. The van der Waals surface area contributed by atoms with Crippen LogP contribution in [0.2, 0.25) is 0 Å². The molecule has 0 bridgehead atoms. The van der Waals surface area contributed by atoms with E-state index in [0.717, 1.165) is 39.0 Å². The Morgan fingerprint density at radius 3 is 1.75 bits per heavy atom. The first-order valence-corrected chi connectivity index (χ1v) is 12.2. The van der Waals surface area contributed by atoms with Crippen LogP contribution in [0.5, 0.6) is 0 Å². The molecule has 7 heteroatoms. The van der Waals surface area contributed by atoms with E-state index in [4.69, 9.17) is 4.55 Å². The molecule has 0 aliphatic rings. The Bertz CT molecular complexity index is 515. The molecule has 0 fully saturated rings. The molecule has 28 heavy (non-hydrogen) atoms. The minimum absolute atomic E-state index is 0. The van der Waals surface area contributed by atoms with E-state index in [9.17, 15) is 18.3 Å². The van der Waals surface area contributed by atoms with Crippen molar-refractivity contribution >= 4 is 45.5 Å². The van der Waals surface area contributed by atoms with Gasteiger partial charge in [0.15, 0.2) is 5.78 Å². The summed E-state index contributed by atoms with van der Waals surface area (Å²) in [7, 11) is -4.36. The summed E-state index contributed by atoms with van der Waals surface area (Å²) in [6.45, 7) is 3.38. The Hall–Kier alpha value is 0.280. The molecule has 162 valence electrons. The summed E-state index contributed by atoms with van der Waals surface area (Å²) in [6, 6.07) is 0. The molecule has 0 saturated carbocycles. The molecular formula is C21H41NaO5S. The van der Waals surface area contributed by atoms with Crippen LogP contribution in [0.1, 0.15) is 104 Å². The van der Waals surface area contributed by atoms with Gasteiger partial charge in [0.05, 0.1) is 0 Å². The summed E-state index contributed by atoms with van der Waals surface area (Å²) >= 11 is 0. The molecule has 0 rings (SSSR count). The van der Waals surface area contributed by atoms with Crippen LogP contribution in [-0.2, 0) is 14.9 Å². The summed E-state index contributed by atoms with van der Waals surface area (Å²) in [5, 5.41) is 9.84. The Kier molecular flexibility index (Phi) is 19.7. The van der Waals surface area contributed by atoms with Crippen molar-refractivity contribution in [2.24, 2.45) is 0 Å². The van der Waals surface area contributed by atoms with E-state index in [1.165, 1.54) is 44.9 Å². The Balaban J connectivity index is 0. The van der Waals surface area contributed by atoms with Crippen LogP contribution >= 0.6 is 0 Å². The third kappa shape index (κ3) is 19.6. The van der Waals surface area contributed by atoms with Crippen molar-refractivity contribution in [3.63, 3.8) is 0 Å². The number of carbonyl (C=O) groups excluding carboxylic acids is 1. The third-order valence-corrected chi connectivity index (χ3v) is 5.66. The number of unbranched alkanes of at least 4 members (excludes halogenated alkanes) is 11. The predicted molar refractivity (Wildman–Crippen MR) is 119 cm³/mol. The normalized spacial score (nSPS) is 14.0. The zero-order valence-corrected chi connectivity index (χ0v) is 18.1. The third-order valence-electron chi connectivity index (χ3n) is 4.73. The van der Waals surface area contributed by atoms with Crippen molar-refractivity contribution in [2.45, 2.75) is 109 Å². The average Bonchev–Trinajstić information content (AvgIpc) is 2.56. The Morgan fingerprint density at radius 2 is 1.29 bits per heavy atom. The average molecular weight is 429 g/mol. The molecule has 0 aromatic rings. The summed E-state index contributed by atoms with van der Waals surface area (Å²) < 4.78 is 30.4. The van der Waals surface area contributed by atoms with E-state index < -0.39 is 27.3 Å². The maximum absolute atomic E-state index is 11.8. The monoisotopic (exact) mass is 428 g/mol. The van der Waals surface area contributed by atoms with Crippen LogP contribution in [0.4, 0.5) is 0 Å². The number of carbonyl (C=O) groups is 1. The maximum atomic E-state index is 11.8. The van der Waals surface area contributed by atoms with Crippen molar-refractivity contribution in [3.8, 4) is 0 Å². The van der Waals surface area contributed by atoms with E-state index in [1.807, 2.05) is 0 Å². The van der Waals surface area contributed by atoms with Gasteiger partial charge in [-0.25, -0.2) is 0 Å². The van der Waals surface area contributed by atoms with E-state index in [2.05, 4.69) is 19.1 Å². The van der Waals surface area contributed by atoms with Crippen molar-refractivity contribution in [2.75, 3.05) is 5.75 Å². The molecule has 0 amide bonds. The molecule has 2 N–H and O–H groups in total. The van der Waals surface area contributed by atoms with Crippen LogP contribution in [0.15, 0.2) is 12.2 Å². The number of rotatable bonds is 18. The molecule has 0 saturated heterocycles. The standard InChI is InChI=1S/C21H40O5S.Na.H/c1-3-4-5-6-7-8-9-10-11-12-13-14-15-16-17-18-20(22)21(2,23)19-27(24,25)26;;/h10-11,23H,3-9,12-19H2,1-2H3,(H,24,25,26);;/b11-10-;;. The number of aliphatic hydroxyl groups is 1. The zero-order valence-electron chi connectivity index (χ0n) is 17.3. The number of hydrogen-bond acceptors (Lipinski definition) is 4. The van der Waals surface area contributed by atoms with Gasteiger partial charge in [-0.15, -0.1) is 0 Å². The van der Waals surface area contributed by atoms with Crippen molar-refractivity contribution < 1.29 is 22.9 Å². The van der Waals surface area contributed by atoms with Gasteiger partial charge in [0.1, 0.15) is 11.4 Å². The topological polar surface area (TPSA) is 91.7 Å². The number of hydrogen-bond donors (Lipinski definition) is 2. The molecule has 0 aromatic carbocycles. The van der Waals surface area contributed by atoms with E-state index in [-0.39, 0.29) is 36.0 Å². The Morgan fingerprint density at radius 1 is 0.857 bits per heavy atom. The van der Waals surface area contributed by atoms with E-state index in [0.29, 0.717) is 6.42 Å². The van der Waals surface area contributed by atoms with E-state index in [1.54, 1.807) is 0 Å². The first-order chi connectivity index (χ1) is 12.7. The fourth-order valence-electron chi connectivity index (χ4n) is 3.06. The molecule has 5 nitrogen and oxygen atoms in total.